The van der Waals surface area contributed by atoms with E-state index in [4.69, 9.17) is 19.6 Å². The molecule has 0 amide bonds. The summed E-state index contributed by atoms with van der Waals surface area (Å²) in [4.78, 5) is 25.1. The number of benzene rings is 2. The number of halogens is 1. The third-order valence-electron chi connectivity index (χ3n) is 4.46. The van der Waals surface area contributed by atoms with Gasteiger partial charge in [0.15, 0.2) is 5.75 Å². The number of methoxy groups -OCH3 is 1. The molecule has 0 saturated heterocycles. The van der Waals surface area contributed by atoms with Crippen LogP contribution < -0.4 is 16.1 Å². The van der Waals surface area contributed by atoms with Crippen LogP contribution in [0.1, 0.15) is 17.0 Å². The Kier molecular flexibility index (Phi) is 3.92. The number of hydrogen-bond acceptors (Lipinski definition) is 6. The van der Waals surface area contributed by atoms with Gasteiger partial charge in [-0.15, -0.1) is 0 Å². The maximum absolute atomic E-state index is 13.4. The van der Waals surface area contributed by atoms with E-state index in [0.29, 0.717) is 16.5 Å². The molecular weight excluding hydrogens is 353 g/mol. The predicted octanol–water partition coefficient (Wildman–Crippen LogP) is 2.80. The number of hydrogen-bond donors (Lipinski definition) is 1. The molecule has 2 heterocycles. The highest BCUT2D eigenvalue weighted by Crippen LogP contribution is 2.43. The van der Waals surface area contributed by atoms with Crippen molar-refractivity contribution in [3.8, 4) is 5.75 Å². The Morgan fingerprint density at radius 2 is 1.85 bits per heavy atom. The van der Waals surface area contributed by atoms with E-state index in [1.165, 1.54) is 31.4 Å². The molecule has 1 aliphatic rings. The zero-order valence-electron chi connectivity index (χ0n) is 14.2. The molecule has 1 aromatic heterocycles. The zero-order valence-corrected chi connectivity index (χ0v) is 14.2. The van der Waals surface area contributed by atoms with Crippen molar-refractivity contribution in [2.45, 2.75) is 5.92 Å². The minimum Gasteiger partial charge on any atom is -0.465 e. The van der Waals surface area contributed by atoms with Gasteiger partial charge >= 0.3 is 11.6 Å². The summed E-state index contributed by atoms with van der Waals surface area (Å²) in [5, 5.41) is 0.533. The molecule has 7 heteroatoms. The molecule has 0 spiro atoms. The van der Waals surface area contributed by atoms with E-state index < -0.39 is 23.3 Å². The van der Waals surface area contributed by atoms with Crippen LogP contribution in [0.2, 0.25) is 0 Å². The van der Waals surface area contributed by atoms with Crippen molar-refractivity contribution in [1.29, 1.82) is 0 Å². The van der Waals surface area contributed by atoms with Gasteiger partial charge in [0.2, 0.25) is 5.88 Å². The van der Waals surface area contributed by atoms with Crippen molar-refractivity contribution >= 4 is 16.9 Å². The summed E-state index contributed by atoms with van der Waals surface area (Å²) in [5.41, 5.74) is 6.21. The van der Waals surface area contributed by atoms with E-state index in [1.54, 1.807) is 24.3 Å². The lowest BCUT2D eigenvalue weighted by atomic mass is 9.83. The van der Waals surface area contributed by atoms with Crippen LogP contribution in [0.3, 0.4) is 0 Å². The number of fused-ring (bicyclic) bond motifs is 3. The molecule has 2 N–H and O–H groups in total. The molecule has 0 saturated carbocycles. The lowest BCUT2D eigenvalue weighted by molar-refractivity contribution is -0.136. The number of esters is 1. The number of nitrogens with two attached hydrogens (primary N) is 1. The second kappa shape index (κ2) is 6.28. The first kappa shape index (κ1) is 16.8. The van der Waals surface area contributed by atoms with Crippen LogP contribution in [0.5, 0.6) is 5.75 Å². The molecular formula is C20H14FNO5. The van der Waals surface area contributed by atoms with Crippen molar-refractivity contribution < 1.29 is 23.1 Å². The first-order chi connectivity index (χ1) is 13.0. The number of carbonyl (C=O) groups is 1. The third kappa shape index (κ3) is 2.64. The lowest BCUT2D eigenvalue weighted by Crippen LogP contribution is -2.30. The van der Waals surface area contributed by atoms with Gasteiger partial charge in [-0.3, -0.25) is 0 Å². The van der Waals surface area contributed by atoms with Crippen LogP contribution in [0, 0.1) is 5.82 Å². The topological polar surface area (TPSA) is 91.8 Å². The summed E-state index contributed by atoms with van der Waals surface area (Å²) < 4.78 is 29.3. The Labute approximate surface area is 152 Å². The quantitative estimate of drug-likeness (QED) is 0.553. The van der Waals surface area contributed by atoms with Crippen molar-refractivity contribution in [3.63, 3.8) is 0 Å². The van der Waals surface area contributed by atoms with Crippen LogP contribution in [0.25, 0.3) is 11.0 Å². The van der Waals surface area contributed by atoms with E-state index in [-0.39, 0.29) is 22.8 Å². The van der Waals surface area contributed by atoms with Gasteiger partial charge in [0, 0.05) is 0 Å². The van der Waals surface area contributed by atoms with Crippen molar-refractivity contribution in [1.82, 2.24) is 0 Å². The maximum Gasteiger partial charge on any atom is 0.344 e. The summed E-state index contributed by atoms with van der Waals surface area (Å²) in [6.07, 6.45) is 0. The van der Waals surface area contributed by atoms with Gasteiger partial charge in [0.05, 0.1) is 24.0 Å². The number of carbonyl (C=O) groups excluding carboxylic acids is 1. The molecule has 2 aromatic carbocycles. The smallest absolute Gasteiger partial charge is 0.344 e. The number of ether oxygens (including phenoxy) is 2. The Morgan fingerprint density at radius 1 is 1.15 bits per heavy atom. The van der Waals surface area contributed by atoms with Crippen LogP contribution in [-0.2, 0) is 9.53 Å². The number of para-hydroxylation sites is 1. The van der Waals surface area contributed by atoms with Crippen molar-refractivity contribution in [3.05, 3.63) is 87.4 Å². The molecule has 136 valence electrons. The Hall–Kier alpha value is -3.61. The molecule has 4 rings (SSSR count). The van der Waals surface area contributed by atoms with Gasteiger partial charge in [-0.2, -0.15) is 0 Å². The van der Waals surface area contributed by atoms with Crippen LogP contribution in [-0.4, -0.2) is 13.1 Å². The molecule has 3 aromatic rings. The highest BCUT2D eigenvalue weighted by molar-refractivity contribution is 5.94. The Morgan fingerprint density at radius 3 is 2.56 bits per heavy atom. The predicted molar refractivity (Wildman–Crippen MR) is 94.6 cm³/mol. The second-order valence-corrected chi connectivity index (χ2v) is 5.98. The number of rotatable bonds is 2. The Bertz CT molecular complexity index is 1150. The van der Waals surface area contributed by atoms with Gasteiger partial charge in [-0.25, -0.2) is 14.0 Å². The summed E-state index contributed by atoms with van der Waals surface area (Å²) in [6.45, 7) is 0. The van der Waals surface area contributed by atoms with Crippen molar-refractivity contribution in [2.24, 2.45) is 5.73 Å². The zero-order chi connectivity index (χ0) is 19.1. The van der Waals surface area contributed by atoms with Crippen molar-refractivity contribution in [2.75, 3.05) is 7.11 Å². The summed E-state index contributed by atoms with van der Waals surface area (Å²) in [5.74, 6) is -2.09. The molecule has 1 aliphatic heterocycles. The highest BCUT2D eigenvalue weighted by Gasteiger charge is 2.39. The van der Waals surface area contributed by atoms with Gasteiger partial charge in [0.1, 0.15) is 17.0 Å². The van der Waals surface area contributed by atoms with E-state index in [9.17, 15) is 14.0 Å². The highest BCUT2D eigenvalue weighted by atomic mass is 19.1. The fourth-order valence-corrected chi connectivity index (χ4v) is 3.26. The maximum atomic E-state index is 13.4. The summed E-state index contributed by atoms with van der Waals surface area (Å²) in [7, 11) is 1.20. The first-order valence-electron chi connectivity index (χ1n) is 8.08. The standard InChI is InChI=1S/C20H14FNO5/c1-25-19(23)16-14(10-6-8-11(21)9-7-10)15-17(27-18(16)22)12-4-2-3-5-13(12)26-20(15)24/h2-9,14H,22H2,1H3/t14-/m0/s1. The first-order valence-corrected chi connectivity index (χ1v) is 8.08. The fraction of sp³-hybridized carbons (Fsp3) is 0.100. The van der Waals surface area contributed by atoms with E-state index in [1.807, 2.05) is 0 Å². The fourth-order valence-electron chi connectivity index (χ4n) is 3.26. The second-order valence-electron chi connectivity index (χ2n) is 5.98. The molecule has 0 aliphatic carbocycles. The summed E-state index contributed by atoms with van der Waals surface area (Å²) in [6, 6.07) is 12.2. The van der Waals surface area contributed by atoms with Gasteiger partial charge in [-0.1, -0.05) is 24.3 Å². The third-order valence-corrected chi connectivity index (χ3v) is 4.46. The average Bonchev–Trinajstić information content (AvgIpc) is 2.67. The van der Waals surface area contributed by atoms with Crippen LogP contribution >= 0.6 is 0 Å². The molecule has 0 fully saturated rings. The molecule has 6 nitrogen and oxygen atoms in total. The average molecular weight is 367 g/mol. The van der Waals surface area contributed by atoms with Gasteiger partial charge < -0.3 is 19.6 Å². The molecule has 0 radical (unpaired) electrons. The molecule has 0 bridgehead atoms. The monoisotopic (exact) mass is 367 g/mol. The van der Waals surface area contributed by atoms with Gasteiger partial charge in [0.25, 0.3) is 0 Å². The molecule has 1 atom stereocenters. The lowest BCUT2D eigenvalue weighted by Gasteiger charge is -2.27. The van der Waals surface area contributed by atoms with E-state index in [0.717, 1.165) is 0 Å². The van der Waals surface area contributed by atoms with Crippen LogP contribution in [0.4, 0.5) is 4.39 Å². The largest absolute Gasteiger partial charge is 0.465 e. The SMILES string of the molecule is COC(=O)C1=C(N)Oc2c(c(=O)oc3ccccc23)[C@@H]1c1ccc(F)cc1. The van der Waals surface area contributed by atoms with Gasteiger partial charge in [-0.05, 0) is 29.8 Å². The molecule has 27 heavy (non-hydrogen) atoms. The van der Waals surface area contributed by atoms with E-state index >= 15 is 0 Å². The summed E-state index contributed by atoms with van der Waals surface area (Å²) >= 11 is 0. The Balaban J connectivity index is 2.07. The normalized spacial score (nSPS) is 16.0. The van der Waals surface area contributed by atoms with E-state index in [2.05, 4.69) is 0 Å². The molecule has 0 unspecified atom stereocenters. The van der Waals surface area contributed by atoms with Crippen LogP contribution in [0.15, 0.2) is 69.2 Å². The minimum absolute atomic E-state index is 0.0424. The minimum atomic E-state index is -0.914.